The Bertz CT molecular complexity index is 181. The standard InChI is InChI=1S/C7H13F3N2O/c1-5(3-11)6(13)12(2)4-7(8,9)10/h5H,3-4,11H2,1-2H3. The van der Waals surface area contributed by atoms with E-state index in [1.807, 2.05) is 0 Å². The van der Waals surface area contributed by atoms with Crippen LogP contribution in [0.1, 0.15) is 6.92 Å². The fraction of sp³-hybridized carbons (Fsp3) is 0.857. The summed E-state index contributed by atoms with van der Waals surface area (Å²) in [5.74, 6) is -1.15. The Balaban J connectivity index is 4.12. The van der Waals surface area contributed by atoms with Gasteiger partial charge in [0.1, 0.15) is 6.54 Å². The zero-order chi connectivity index (χ0) is 10.6. The predicted molar refractivity (Wildman–Crippen MR) is 41.9 cm³/mol. The van der Waals surface area contributed by atoms with Gasteiger partial charge in [-0.2, -0.15) is 13.2 Å². The van der Waals surface area contributed by atoms with Crippen molar-refractivity contribution in [1.29, 1.82) is 0 Å². The third-order valence-corrected chi connectivity index (χ3v) is 1.57. The summed E-state index contributed by atoms with van der Waals surface area (Å²) >= 11 is 0. The molecule has 0 aliphatic carbocycles. The molecule has 3 nitrogen and oxygen atoms in total. The Hall–Kier alpha value is -0.780. The molecule has 2 N–H and O–H groups in total. The molecule has 0 bridgehead atoms. The van der Waals surface area contributed by atoms with Crippen LogP contribution >= 0.6 is 0 Å². The molecule has 0 rings (SSSR count). The van der Waals surface area contributed by atoms with E-state index in [9.17, 15) is 18.0 Å². The maximum Gasteiger partial charge on any atom is 0.406 e. The molecule has 1 unspecified atom stereocenters. The number of halogens is 3. The number of nitrogens with two attached hydrogens (primary N) is 1. The van der Waals surface area contributed by atoms with E-state index in [2.05, 4.69) is 0 Å². The number of rotatable bonds is 3. The van der Waals surface area contributed by atoms with Gasteiger partial charge in [0.15, 0.2) is 0 Å². The summed E-state index contributed by atoms with van der Waals surface area (Å²) in [6.45, 7) is 0.326. The van der Waals surface area contributed by atoms with E-state index in [1.54, 1.807) is 0 Å². The first kappa shape index (κ1) is 12.2. The molecular weight excluding hydrogens is 185 g/mol. The van der Waals surface area contributed by atoms with Gasteiger partial charge < -0.3 is 10.6 Å². The first-order chi connectivity index (χ1) is 5.78. The van der Waals surface area contributed by atoms with Gasteiger partial charge in [-0.1, -0.05) is 6.92 Å². The van der Waals surface area contributed by atoms with E-state index in [1.165, 1.54) is 6.92 Å². The van der Waals surface area contributed by atoms with Gasteiger partial charge in [0, 0.05) is 19.5 Å². The van der Waals surface area contributed by atoms with Crippen molar-refractivity contribution in [1.82, 2.24) is 4.90 Å². The maximum absolute atomic E-state index is 11.8. The lowest BCUT2D eigenvalue weighted by Gasteiger charge is -2.21. The molecule has 0 saturated carbocycles. The maximum atomic E-state index is 11.8. The number of amides is 1. The third kappa shape index (κ3) is 4.72. The lowest BCUT2D eigenvalue weighted by molar-refractivity contribution is -0.160. The molecule has 0 aromatic rings. The fourth-order valence-electron chi connectivity index (χ4n) is 0.824. The van der Waals surface area contributed by atoms with Crippen molar-refractivity contribution < 1.29 is 18.0 Å². The van der Waals surface area contributed by atoms with E-state index >= 15 is 0 Å². The van der Waals surface area contributed by atoms with Gasteiger partial charge in [-0.3, -0.25) is 4.79 Å². The Kier molecular flexibility index (Phi) is 4.19. The van der Waals surface area contributed by atoms with Crippen molar-refractivity contribution in [2.45, 2.75) is 13.1 Å². The van der Waals surface area contributed by atoms with Gasteiger partial charge in [-0.05, 0) is 0 Å². The summed E-state index contributed by atoms with van der Waals surface area (Å²) in [7, 11) is 1.11. The highest BCUT2D eigenvalue weighted by molar-refractivity contribution is 5.78. The molecule has 0 aliphatic heterocycles. The van der Waals surface area contributed by atoms with E-state index in [0.717, 1.165) is 7.05 Å². The van der Waals surface area contributed by atoms with E-state index in [4.69, 9.17) is 5.73 Å². The average molecular weight is 198 g/mol. The fourth-order valence-corrected chi connectivity index (χ4v) is 0.824. The van der Waals surface area contributed by atoms with Crippen LogP contribution in [-0.4, -0.2) is 37.1 Å². The van der Waals surface area contributed by atoms with Crippen molar-refractivity contribution >= 4 is 5.91 Å². The number of hydrogen-bond acceptors (Lipinski definition) is 2. The molecule has 6 heteroatoms. The van der Waals surface area contributed by atoms with Gasteiger partial charge in [0.25, 0.3) is 0 Å². The average Bonchev–Trinajstić information content (AvgIpc) is 1.98. The summed E-state index contributed by atoms with van der Waals surface area (Å²) in [4.78, 5) is 11.7. The minimum absolute atomic E-state index is 0.0566. The van der Waals surface area contributed by atoms with Crippen LogP contribution in [0.5, 0.6) is 0 Å². The van der Waals surface area contributed by atoms with Crippen LogP contribution in [0.4, 0.5) is 13.2 Å². The monoisotopic (exact) mass is 198 g/mol. The van der Waals surface area contributed by atoms with Crippen LogP contribution in [0.3, 0.4) is 0 Å². The van der Waals surface area contributed by atoms with Crippen LogP contribution in [0.2, 0.25) is 0 Å². The quantitative estimate of drug-likeness (QED) is 0.721. The van der Waals surface area contributed by atoms with Crippen molar-refractivity contribution in [2.75, 3.05) is 20.1 Å². The zero-order valence-electron chi connectivity index (χ0n) is 7.56. The van der Waals surface area contributed by atoms with Crippen LogP contribution < -0.4 is 5.73 Å². The first-order valence-electron chi connectivity index (χ1n) is 3.79. The number of alkyl halides is 3. The Morgan fingerprint density at radius 1 is 1.54 bits per heavy atom. The molecule has 0 radical (unpaired) electrons. The second kappa shape index (κ2) is 4.45. The number of carbonyl (C=O) groups excluding carboxylic acids is 1. The van der Waals surface area contributed by atoms with Crippen molar-refractivity contribution in [3.05, 3.63) is 0 Å². The van der Waals surface area contributed by atoms with Crippen LogP contribution in [0, 0.1) is 5.92 Å². The number of carbonyl (C=O) groups is 1. The lowest BCUT2D eigenvalue weighted by Crippen LogP contribution is -2.40. The third-order valence-electron chi connectivity index (χ3n) is 1.57. The Morgan fingerprint density at radius 2 is 2.00 bits per heavy atom. The molecule has 0 fully saturated rings. The highest BCUT2D eigenvalue weighted by Crippen LogP contribution is 2.16. The zero-order valence-corrected chi connectivity index (χ0v) is 7.56. The summed E-state index contributed by atoms with van der Waals surface area (Å²) in [5, 5.41) is 0. The Morgan fingerprint density at radius 3 is 2.31 bits per heavy atom. The van der Waals surface area contributed by atoms with Crippen molar-refractivity contribution in [2.24, 2.45) is 11.7 Å². The minimum atomic E-state index is -4.35. The largest absolute Gasteiger partial charge is 0.406 e. The lowest BCUT2D eigenvalue weighted by atomic mass is 10.1. The minimum Gasteiger partial charge on any atom is -0.336 e. The van der Waals surface area contributed by atoms with Crippen LogP contribution in [0.15, 0.2) is 0 Å². The molecule has 0 aliphatic rings. The van der Waals surface area contributed by atoms with Gasteiger partial charge >= 0.3 is 6.18 Å². The smallest absolute Gasteiger partial charge is 0.336 e. The molecule has 0 aromatic carbocycles. The van der Waals surface area contributed by atoms with E-state index in [-0.39, 0.29) is 6.54 Å². The van der Waals surface area contributed by atoms with Gasteiger partial charge in [-0.15, -0.1) is 0 Å². The number of nitrogens with zero attached hydrogens (tertiary/aromatic N) is 1. The molecule has 1 amide bonds. The summed E-state index contributed by atoms with van der Waals surface area (Å²) < 4.78 is 35.4. The topological polar surface area (TPSA) is 46.3 Å². The SMILES string of the molecule is CC(CN)C(=O)N(C)CC(F)(F)F. The normalized spacial score (nSPS) is 14.0. The van der Waals surface area contributed by atoms with Crippen molar-refractivity contribution in [3.8, 4) is 0 Å². The van der Waals surface area contributed by atoms with E-state index < -0.39 is 24.5 Å². The second-order valence-corrected chi connectivity index (χ2v) is 2.95. The molecule has 0 spiro atoms. The van der Waals surface area contributed by atoms with Gasteiger partial charge in [0.05, 0.1) is 0 Å². The molecule has 0 aromatic heterocycles. The van der Waals surface area contributed by atoms with Crippen molar-refractivity contribution in [3.63, 3.8) is 0 Å². The second-order valence-electron chi connectivity index (χ2n) is 2.95. The molecular formula is C7H13F3N2O. The molecule has 0 saturated heterocycles. The first-order valence-corrected chi connectivity index (χ1v) is 3.79. The molecule has 0 heterocycles. The summed E-state index contributed by atoms with van der Waals surface area (Å²) in [6.07, 6.45) is -4.35. The van der Waals surface area contributed by atoms with Crippen LogP contribution in [0.25, 0.3) is 0 Å². The van der Waals surface area contributed by atoms with E-state index in [0.29, 0.717) is 4.90 Å². The Labute approximate surface area is 74.7 Å². The summed E-state index contributed by atoms with van der Waals surface area (Å²) in [5.41, 5.74) is 5.15. The van der Waals surface area contributed by atoms with Gasteiger partial charge in [-0.25, -0.2) is 0 Å². The highest BCUT2D eigenvalue weighted by atomic mass is 19.4. The predicted octanol–water partition coefficient (Wildman–Crippen LogP) is 0.602. The van der Waals surface area contributed by atoms with Gasteiger partial charge in [0.2, 0.25) is 5.91 Å². The number of hydrogen-bond donors (Lipinski definition) is 1. The molecule has 13 heavy (non-hydrogen) atoms. The highest BCUT2D eigenvalue weighted by Gasteiger charge is 2.32. The molecule has 1 atom stereocenters. The van der Waals surface area contributed by atoms with Crippen LogP contribution in [-0.2, 0) is 4.79 Å². The molecule has 78 valence electrons. The summed E-state index contributed by atoms with van der Waals surface area (Å²) in [6, 6.07) is 0.